The Morgan fingerprint density at radius 3 is 2.69 bits per heavy atom. The molecule has 2 rings (SSSR count). The van der Waals surface area contributed by atoms with Gasteiger partial charge in [-0.05, 0) is 31.7 Å². The van der Waals surface area contributed by atoms with Gasteiger partial charge in [0.2, 0.25) is 0 Å². The fourth-order valence-electron chi connectivity index (χ4n) is 2.48. The second kappa shape index (κ2) is 4.18. The Kier molecular flexibility index (Phi) is 3.04. The van der Waals surface area contributed by atoms with Crippen molar-refractivity contribution in [2.75, 3.05) is 0 Å². The van der Waals surface area contributed by atoms with Gasteiger partial charge in [0, 0.05) is 11.7 Å². The number of aromatic nitrogens is 2. The number of aryl methyl sites for hydroxylation is 1. The third kappa shape index (κ3) is 1.99. The number of aliphatic hydroxyl groups excluding tert-OH is 1. The van der Waals surface area contributed by atoms with Crippen molar-refractivity contribution in [1.29, 1.82) is 0 Å². The lowest BCUT2D eigenvalue weighted by molar-refractivity contribution is 0.161. The molecule has 4 nitrogen and oxygen atoms in total. The topological polar surface area (TPSA) is 64.1 Å². The minimum atomic E-state index is -0.380. The van der Waals surface area contributed by atoms with Crippen molar-refractivity contribution in [3.63, 3.8) is 0 Å². The first kappa shape index (κ1) is 11.6. The minimum Gasteiger partial charge on any atom is -0.391 e. The van der Waals surface area contributed by atoms with Crippen molar-refractivity contribution in [2.24, 2.45) is 5.73 Å². The fraction of sp³-hybridized carbons (Fsp3) is 0.750. The van der Waals surface area contributed by atoms with Gasteiger partial charge in [0.25, 0.3) is 0 Å². The highest BCUT2D eigenvalue weighted by Crippen LogP contribution is 2.32. The van der Waals surface area contributed by atoms with Crippen LogP contribution in [-0.4, -0.2) is 27.0 Å². The Labute approximate surface area is 96.5 Å². The Bertz CT molecular complexity index is 362. The van der Waals surface area contributed by atoms with Crippen LogP contribution in [0.5, 0.6) is 0 Å². The van der Waals surface area contributed by atoms with Crippen molar-refractivity contribution >= 4 is 0 Å². The van der Waals surface area contributed by atoms with E-state index in [1.165, 1.54) is 5.69 Å². The molecule has 1 heterocycles. The number of rotatable bonds is 2. The normalized spacial score (nSPS) is 30.2. The number of nitrogens with two attached hydrogens (primary N) is 1. The van der Waals surface area contributed by atoms with E-state index in [9.17, 15) is 5.11 Å². The second-order valence-electron chi connectivity index (χ2n) is 5.17. The quantitative estimate of drug-likeness (QED) is 0.795. The second-order valence-corrected chi connectivity index (χ2v) is 5.17. The standard InChI is InChI=1S/C12H21N3O/c1-7(2)11-4-8(3)14-15(11)9-5-10(13)12(16)6-9/h4,7,9-10,12,16H,5-6,13H2,1-3H3. The molecular weight excluding hydrogens is 202 g/mol. The molecule has 0 aromatic carbocycles. The van der Waals surface area contributed by atoms with E-state index in [4.69, 9.17) is 5.73 Å². The van der Waals surface area contributed by atoms with Crippen LogP contribution in [0.15, 0.2) is 6.07 Å². The summed E-state index contributed by atoms with van der Waals surface area (Å²) >= 11 is 0. The Hall–Kier alpha value is -0.870. The molecule has 16 heavy (non-hydrogen) atoms. The van der Waals surface area contributed by atoms with Gasteiger partial charge in [-0.3, -0.25) is 4.68 Å². The molecule has 1 aromatic rings. The van der Waals surface area contributed by atoms with E-state index in [1.807, 2.05) is 6.92 Å². The van der Waals surface area contributed by atoms with Gasteiger partial charge in [-0.25, -0.2) is 0 Å². The zero-order valence-corrected chi connectivity index (χ0v) is 10.2. The largest absolute Gasteiger partial charge is 0.391 e. The van der Waals surface area contributed by atoms with Crippen LogP contribution in [0, 0.1) is 6.92 Å². The molecule has 0 bridgehead atoms. The number of hydrogen-bond acceptors (Lipinski definition) is 3. The van der Waals surface area contributed by atoms with Crippen LogP contribution >= 0.6 is 0 Å². The van der Waals surface area contributed by atoms with Crippen LogP contribution in [0.4, 0.5) is 0 Å². The molecule has 1 aliphatic carbocycles. The molecule has 0 spiro atoms. The van der Waals surface area contributed by atoms with Crippen LogP contribution in [0.1, 0.15) is 50.0 Å². The molecule has 1 aliphatic rings. The summed E-state index contributed by atoms with van der Waals surface area (Å²) in [6.45, 7) is 6.34. The zero-order chi connectivity index (χ0) is 11.9. The Morgan fingerprint density at radius 1 is 1.50 bits per heavy atom. The van der Waals surface area contributed by atoms with Crippen molar-refractivity contribution in [3.05, 3.63) is 17.5 Å². The van der Waals surface area contributed by atoms with Crippen LogP contribution in [0.25, 0.3) is 0 Å². The van der Waals surface area contributed by atoms with Crippen LogP contribution in [0.3, 0.4) is 0 Å². The lowest BCUT2D eigenvalue weighted by Crippen LogP contribution is -2.28. The van der Waals surface area contributed by atoms with Crippen LogP contribution < -0.4 is 5.73 Å². The van der Waals surface area contributed by atoms with Crippen LogP contribution in [0.2, 0.25) is 0 Å². The lowest BCUT2D eigenvalue weighted by atomic mass is 10.1. The highest BCUT2D eigenvalue weighted by atomic mass is 16.3. The smallest absolute Gasteiger partial charge is 0.0712 e. The third-order valence-corrected chi connectivity index (χ3v) is 3.38. The number of hydrogen-bond donors (Lipinski definition) is 2. The molecule has 1 aromatic heterocycles. The van der Waals surface area contributed by atoms with Gasteiger partial charge in [-0.2, -0.15) is 5.10 Å². The number of aliphatic hydroxyl groups is 1. The van der Waals surface area contributed by atoms with Gasteiger partial charge in [-0.1, -0.05) is 13.8 Å². The van der Waals surface area contributed by atoms with E-state index in [0.29, 0.717) is 5.92 Å². The highest BCUT2D eigenvalue weighted by Gasteiger charge is 2.33. The van der Waals surface area contributed by atoms with Crippen LogP contribution in [-0.2, 0) is 0 Å². The monoisotopic (exact) mass is 223 g/mol. The molecule has 1 fully saturated rings. The van der Waals surface area contributed by atoms with Crippen molar-refractivity contribution in [2.45, 2.75) is 57.7 Å². The predicted molar refractivity (Wildman–Crippen MR) is 63.3 cm³/mol. The molecule has 4 heteroatoms. The zero-order valence-electron chi connectivity index (χ0n) is 10.2. The van der Waals surface area contributed by atoms with Gasteiger partial charge in [0.05, 0.1) is 17.8 Å². The molecule has 3 atom stereocenters. The van der Waals surface area contributed by atoms with E-state index in [1.54, 1.807) is 0 Å². The molecule has 90 valence electrons. The van der Waals surface area contributed by atoms with Gasteiger partial charge >= 0.3 is 0 Å². The van der Waals surface area contributed by atoms with Crippen molar-refractivity contribution < 1.29 is 5.11 Å². The Balaban J connectivity index is 2.27. The molecule has 0 radical (unpaired) electrons. The van der Waals surface area contributed by atoms with Gasteiger partial charge in [0.15, 0.2) is 0 Å². The summed E-state index contributed by atoms with van der Waals surface area (Å²) in [6.07, 6.45) is 1.17. The maximum Gasteiger partial charge on any atom is 0.0712 e. The summed E-state index contributed by atoms with van der Waals surface area (Å²) < 4.78 is 2.07. The van der Waals surface area contributed by atoms with Crippen molar-refractivity contribution in [1.82, 2.24) is 9.78 Å². The summed E-state index contributed by atoms with van der Waals surface area (Å²) in [6, 6.07) is 2.28. The minimum absolute atomic E-state index is 0.102. The van der Waals surface area contributed by atoms with E-state index < -0.39 is 0 Å². The van der Waals surface area contributed by atoms with E-state index in [-0.39, 0.29) is 18.2 Å². The first-order chi connectivity index (χ1) is 7.49. The fourth-order valence-corrected chi connectivity index (χ4v) is 2.48. The van der Waals surface area contributed by atoms with Gasteiger partial charge < -0.3 is 10.8 Å². The Morgan fingerprint density at radius 2 is 2.19 bits per heavy atom. The van der Waals surface area contributed by atoms with Gasteiger partial charge in [0.1, 0.15) is 0 Å². The third-order valence-electron chi connectivity index (χ3n) is 3.38. The summed E-state index contributed by atoms with van der Waals surface area (Å²) in [5.74, 6) is 0.454. The lowest BCUT2D eigenvalue weighted by Gasteiger charge is -2.16. The molecule has 3 N–H and O–H groups in total. The van der Waals surface area contributed by atoms with E-state index >= 15 is 0 Å². The molecule has 3 unspecified atom stereocenters. The SMILES string of the molecule is Cc1cc(C(C)C)n(C2CC(N)C(O)C2)n1. The molecule has 1 saturated carbocycles. The maximum atomic E-state index is 9.70. The number of nitrogens with zero attached hydrogens (tertiary/aromatic N) is 2. The first-order valence-electron chi connectivity index (χ1n) is 5.98. The summed E-state index contributed by atoms with van der Waals surface area (Å²) in [4.78, 5) is 0. The summed E-state index contributed by atoms with van der Waals surface area (Å²) in [5, 5.41) is 14.2. The van der Waals surface area contributed by atoms with E-state index in [2.05, 4.69) is 29.7 Å². The molecular formula is C12H21N3O. The molecule has 0 amide bonds. The average molecular weight is 223 g/mol. The first-order valence-corrected chi connectivity index (χ1v) is 5.98. The highest BCUT2D eigenvalue weighted by molar-refractivity contribution is 5.14. The predicted octanol–water partition coefficient (Wildman–Crippen LogP) is 1.34. The van der Waals surface area contributed by atoms with E-state index in [0.717, 1.165) is 18.5 Å². The summed E-state index contributed by atoms with van der Waals surface area (Å²) in [5.41, 5.74) is 8.13. The molecule has 0 saturated heterocycles. The van der Waals surface area contributed by atoms with Crippen molar-refractivity contribution in [3.8, 4) is 0 Å². The molecule has 0 aliphatic heterocycles. The summed E-state index contributed by atoms with van der Waals surface area (Å²) in [7, 11) is 0. The average Bonchev–Trinajstić information content (AvgIpc) is 2.71. The maximum absolute atomic E-state index is 9.70. The van der Waals surface area contributed by atoms with Gasteiger partial charge in [-0.15, -0.1) is 0 Å².